The summed E-state index contributed by atoms with van der Waals surface area (Å²) in [6.45, 7) is 5.70. The van der Waals surface area contributed by atoms with Gasteiger partial charge in [0.2, 0.25) is 11.8 Å². The molecule has 1 fully saturated rings. The Labute approximate surface area is 115 Å². The highest BCUT2D eigenvalue weighted by Gasteiger charge is 2.23. The van der Waals surface area contributed by atoms with Gasteiger partial charge in [-0.1, -0.05) is 13.8 Å². The maximum absolute atomic E-state index is 11.9. The van der Waals surface area contributed by atoms with Crippen LogP contribution in [0.25, 0.3) is 0 Å². The number of carbonyl (C=O) groups is 2. The van der Waals surface area contributed by atoms with Crippen molar-refractivity contribution in [2.24, 2.45) is 17.6 Å². The van der Waals surface area contributed by atoms with E-state index in [9.17, 15) is 9.59 Å². The molecule has 1 aliphatic heterocycles. The lowest BCUT2D eigenvalue weighted by atomic mass is 9.88. The summed E-state index contributed by atoms with van der Waals surface area (Å²) in [5.74, 6) is 0.942. The van der Waals surface area contributed by atoms with Gasteiger partial charge in [-0.15, -0.1) is 0 Å². The third-order valence-electron chi connectivity index (χ3n) is 3.84. The van der Waals surface area contributed by atoms with Gasteiger partial charge in [-0.2, -0.15) is 0 Å². The Bertz CT molecular complexity index is 305. The Morgan fingerprint density at radius 3 is 2.79 bits per heavy atom. The van der Waals surface area contributed by atoms with Gasteiger partial charge in [0.15, 0.2) is 0 Å². The van der Waals surface area contributed by atoms with Crippen molar-refractivity contribution in [1.29, 1.82) is 0 Å². The third kappa shape index (κ3) is 5.59. The van der Waals surface area contributed by atoms with E-state index in [4.69, 9.17) is 5.73 Å². The van der Waals surface area contributed by atoms with Crippen LogP contribution in [-0.2, 0) is 9.59 Å². The molecule has 1 aliphatic rings. The Morgan fingerprint density at radius 2 is 2.21 bits per heavy atom. The molecule has 0 bridgehead atoms. The Morgan fingerprint density at radius 1 is 1.47 bits per heavy atom. The van der Waals surface area contributed by atoms with Crippen molar-refractivity contribution < 1.29 is 9.59 Å². The van der Waals surface area contributed by atoms with Crippen LogP contribution in [-0.4, -0.2) is 30.9 Å². The lowest BCUT2D eigenvalue weighted by Gasteiger charge is -2.24. The first-order valence-corrected chi connectivity index (χ1v) is 7.31. The number of rotatable bonds is 7. The van der Waals surface area contributed by atoms with E-state index in [0.29, 0.717) is 24.8 Å². The van der Waals surface area contributed by atoms with Crippen LogP contribution in [0.3, 0.4) is 0 Å². The van der Waals surface area contributed by atoms with Crippen LogP contribution < -0.4 is 16.4 Å². The van der Waals surface area contributed by atoms with Gasteiger partial charge in [0.05, 0.1) is 0 Å². The van der Waals surface area contributed by atoms with Gasteiger partial charge in [-0.25, -0.2) is 0 Å². The summed E-state index contributed by atoms with van der Waals surface area (Å²) in [4.78, 5) is 23.4. The van der Waals surface area contributed by atoms with Crippen LogP contribution in [0, 0.1) is 11.8 Å². The predicted molar refractivity (Wildman–Crippen MR) is 75.4 cm³/mol. The normalized spacial score (nSPS) is 21.1. The number of nitrogens with two attached hydrogens (primary N) is 1. The monoisotopic (exact) mass is 269 g/mol. The minimum absolute atomic E-state index is 0.0234. The summed E-state index contributed by atoms with van der Waals surface area (Å²) in [7, 11) is 0. The maximum Gasteiger partial charge on any atom is 0.242 e. The molecule has 0 aromatic rings. The molecule has 1 rings (SSSR count). The average molecular weight is 269 g/mol. The van der Waals surface area contributed by atoms with Crippen molar-refractivity contribution in [2.45, 2.75) is 52.0 Å². The molecule has 19 heavy (non-hydrogen) atoms. The molecular formula is C14H27N3O2. The van der Waals surface area contributed by atoms with Gasteiger partial charge >= 0.3 is 0 Å². The number of amides is 2. The second kappa shape index (κ2) is 8.15. The quantitative estimate of drug-likeness (QED) is 0.638. The molecule has 0 saturated carbocycles. The molecule has 0 aromatic heterocycles. The molecule has 2 atom stereocenters. The van der Waals surface area contributed by atoms with E-state index >= 15 is 0 Å². The molecular weight excluding hydrogens is 242 g/mol. The molecule has 5 heteroatoms. The molecule has 0 aromatic carbocycles. The zero-order valence-electron chi connectivity index (χ0n) is 12.1. The molecule has 0 aliphatic carbocycles. The molecule has 2 amide bonds. The van der Waals surface area contributed by atoms with Gasteiger partial charge in [-0.3, -0.25) is 9.59 Å². The molecule has 1 saturated heterocycles. The fourth-order valence-electron chi connectivity index (χ4n) is 2.52. The number of hydrogen-bond donors (Lipinski definition) is 3. The lowest BCUT2D eigenvalue weighted by molar-refractivity contribution is -0.130. The molecule has 0 radical (unpaired) electrons. The molecule has 4 N–H and O–H groups in total. The first-order chi connectivity index (χ1) is 9.04. The lowest BCUT2D eigenvalue weighted by Crippen LogP contribution is -2.50. The fourth-order valence-corrected chi connectivity index (χ4v) is 2.52. The standard InChI is InChI=1S/C14H27N3O2/c1-10(2)11(7-8-15)5-6-13(18)17-12-4-3-9-16-14(12)19/h10-12H,3-9,15H2,1-2H3,(H,16,19)(H,17,18). The Hall–Kier alpha value is -1.10. The highest BCUT2D eigenvalue weighted by Crippen LogP contribution is 2.20. The molecule has 1 heterocycles. The second-order valence-corrected chi connectivity index (χ2v) is 5.67. The summed E-state index contributed by atoms with van der Waals surface area (Å²) >= 11 is 0. The number of carbonyl (C=O) groups excluding carboxylic acids is 2. The van der Waals surface area contributed by atoms with Crippen LogP contribution in [0.4, 0.5) is 0 Å². The van der Waals surface area contributed by atoms with E-state index in [2.05, 4.69) is 24.5 Å². The SMILES string of the molecule is CC(C)C(CCN)CCC(=O)NC1CCCNC1=O. The molecule has 0 spiro atoms. The number of hydrogen-bond acceptors (Lipinski definition) is 3. The Balaban J connectivity index is 2.31. The van der Waals surface area contributed by atoms with Crippen molar-refractivity contribution >= 4 is 11.8 Å². The highest BCUT2D eigenvalue weighted by molar-refractivity contribution is 5.88. The second-order valence-electron chi connectivity index (χ2n) is 5.67. The smallest absolute Gasteiger partial charge is 0.242 e. The summed E-state index contributed by atoms with van der Waals surface area (Å²) in [5, 5.41) is 5.59. The number of nitrogens with one attached hydrogen (secondary N) is 2. The highest BCUT2D eigenvalue weighted by atomic mass is 16.2. The van der Waals surface area contributed by atoms with Gasteiger partial charge < -0.3 is 16.4 Å². The third-order valence-corrected chi connectivity index (χ3v) is 3.84. The number of piperidine rings is 1. The first-order valence-electron chi connectivity index (χ1n) is 7.31. The van der Waals surface area contributed by atoms with E-state index in [1.54, 1.807) is 0 Å². The molecule has 2 unspecified atom stereocenters. The molecule has 5 nitrogen and oxygen atoms in total. The van der Waals surface area contributed by atoms with Gasteiger partial charge in [0.1, 0.15) is 6.04 Å². The topological polar surface area (TPSA) is 84.2 Å². The maximum atomic E-state index is 11.9. The zero-order valence-corrected chi connectivity index (χ0v) is 12.1. The largest absolute Gasteiger partial charge is 0.354 e. The van der Waals surface area contributed by atoms with E-state index in [1.165, 1.54) is 0 Å². The zero-order chi connectivity index (χ0) is 14.3. The van der Waals surface area contributed by atoms with E-state index in [-0.39, 0.29) is 17.9 Å². The van der Waals surface area contributed by atoms with Crippen LogP contribution in [0.5, 0.6) is 0 Å². The fraction of sp³-hybridized carbons (Fsp3) is 0.857. The van der Waals surface area contributed by atoms with Crippen molar-refractivity contribution in [2.75, 3.05) is 13.1 Å². The van der Waals surface area contributed by atoms with E-state index in [1.807, 2.05) is 0 Å². The van der Waals surface area contributed by atoms with E-state index in [0.717, 1.165) is 32.2 Å². The summed E-state index contributed by atoms with van der Waals surface area (Å²) < 4.78 is 0. The van der Waals surface area contributed by atoms with Gasteiger partial charge in [0, 0.05) is 13.0 Å². The first kappa shape index (κ1) is 16.0. The van der Waals surface area contributed by atoms with Crippen molar-refractivity contribution in [3.63, 3.8) is 0 Å². The van der Waals surface area contributed by atoms with Crippen LogP contribution in [0.2, 0.25) is 0 Å². The minimum atomic E-state index is -0.340. The minimum Gasteiger partial charge on any atom is -0.354 e. The average Bonchev–Trinajstić information content (AvgIpc) is 2.37. The summed E-state index contributed by atoms with van der Waals surface area (Å²) in [5.41, 5.74) is 5.59. The predicted octanol–water partition coefficient (Wildman–Crippen LogP) is 0.782. The van der Waals surface area contributed by atoms with E-state index < -0.39 is 0 Å². The van der Waals surface area contributed by atoms with Gasteiger partial charge in [-0.05, 0) is 44.1 Å². The van der Waals surface area contributed by atoms with Crippen molar-refractivity contribution in [3.8, 4) is 0 Å². The van der Waals surface area contributed by atoms with Crippen molar-refractivity contribution in [1.82, 2.24) is 10.6 Å². The summed E-state index contributed by atoms with van der Waals surface area (Å²) in [6, 6.07) is -0.340. The van der Waals surface area contributed by atoms with Crippen molar-refractivity contribution in [3.05, 3.63) is 0 Å². The Kier molecular flexibility index (Phi) is 6.84. The molecule has 110 valence electrons. The van der Waals surface area contributed by atoms with Crippen LogP contribution in [0.15, 0.2) is 0 Å². The van der Waals surface area contributed by atoms with Crippen LogP contribution >= 0.6 is 0 Å². The summed E-state index contributed by atoms with van der Waals surface area (Å²) in [6.07, 6.45) is 3.95. The van der Waals surface area contributed by atoms with Crippen LogP contribution in [0.1, 0.15) is 46.0 Å². The van der Waals surface area contributed by atoms with Gasteiger partial charge in [0.25, 0.3) is 0 Å².